The number of amides is 2. The molecule has 1 aromatic heterocycles. The number of hydrogen-bond acceptors (Lipinski definition) is 6. The highest BCUT2D eigenvalue weighted by atomic mass is 16.5. The Morgan fingerprint density at radius 2 is 2.03 bits per heavy atom. The molecule has 0 spiro atoms. The van der Waals surface area contributed by atoms with E-state index < -0.39 is 0 Å². The van der Waals surface area contributed by atoms with Crippen molar-refractivity contribution in [2.45, 2.75) is 39.3 Å². The summed E-state index contributed by atoms with van der Waals surface area (Å²) in [6.45, 7) is 7.91. The van der Waals surface area contributed by atoms with Crippen LogP contribution in [0.2, 0.25) is 0 Å². The third kappa shape index (κ3) is 7.16. The molecule has 3 rings (SSSR count). The van der Waals surface area contributed by atoms with Crippen LogP contribution < -0.4 is 10.1 Å². The molecule has 8 heteroatoms. The van der Waals surface area contributed by atoms with Crippen LogP contribution >= 0.6 is 0 Å². The number of aryl methyl sites for hydroxylation is 1. The first-order chi connectivity index (χ1) is 15.4. The second-order valence-electron chi connectivity index (χ2n) is 7.99. The second kappa shape index (κ2) is 11.4. The Kier molecular flexibility index (Phi) is 8.33. The standard InChI is InChI=1S/C24H30N4O4/c1-17(2)24-26-18(3)13-22(27-24)32-16-20-15-28(11-12-31-20)23(30)10-9-21(29)25-14-19-7-5-4-6-8-19/h4-10,13,17,20H,11-12,14-16H2,1-3H3,(H,25,29)/b10-9+. The molecule has 0 radical (unpaired) electrons. The molecule has 8 nitrogen and oxygen atoms in total. The minimum atomic E-state index is -0.310. The smallest absolute Gasteiger partial charge is 0.246 e. The second-order valence-corrected chi connectivity index (χ2v) is 7.99. The van der Waals surface area contributed by atoms with Gasteiger partial charge in [-0.2, -0.15) is 4.98 Å². The van der Waals surface area contributed by atoms with Gasteiger partial charge in [-0.05, 0) is 12.5 Å². The van der Waals surface area contributed by atoms with Gasteiger partial charge in [0.1, 0.15) is 18.5 Å². The fourth-order valence-corrected chi connectivity index (χ4v) is 3.19. The van der Waals surface area contributed by atoms with E-state index in [2.05, 4.69) is 15.3 Å². The lowest BCUT2D eigenvalue weighted by Gasteiger charge is -2.32. The fourth-order valence-electron chi connectivity index (χ4n) is 3.19. The number of rotatable bonds is 8. The fraction of sp³-hybridized carbons (Fsp3) is 0.417. The third-order valence-corrected chi connectivity index (χ3v) is 4.92. The van der Waals surface area contributed by atoms with Crippen molar-refractivity contribution in [1.29, 1.82) is 0 Å². The summed E-state index contributed by atoms with van der Waals surface area (Å²) in [5.74, 6) is 0.900. The number of morpholine rings is 1. The first-order valence-corrected chi connectivity index (χ1v) is 10.8. The van der Waals surface area contributed by atoms with E-state index in [9.17, 15) is 9.59 Å². The number of ether oxygens (including phenoxy) is 2. The molecule has 1 aromatic carbocycles. The Morgan fingerprint density at radius 3 is 2.78 bits per heavy atom. The van der Waals surface area contributed by atoms with Crippen LogP contribution in [0.1, 0.15) is 36.8 Å². The first-order valence-electron chi connectivity index (χ1n) is 10.8. The molecule has 170 valence electrons. The van der Waals surface area contributed by atoms with E-state index in [1.54, 1.807) is 11.0 Å². The summed E-state index contributed by atoms with van der Waals surface area (Å²) in [4.78, 5) is 35.0. The number of carbonyl (C=O) groups excluding carboxylic acids is 2. The van der Waals surface area contributed by atoms with Crippen LogP contribution in [0.4, 0.5) is 0 Å². The lowest BCUT2D eigenvalue weighted by Crippen LogP contribution is -2.47. The molecule has 1 saturated heterocycles. The van der Waals surface area contributed by atoms with E-state index in [0.717, 1.165) is 17.1 Å². The van der Waals surface area contributed by atoms with Gasteiger partial charge in [-0.3, -0.25) is 9.59 Å². The van der Waals surface area contributed by atoms with Crippen LogP contribution in [-0.2, 0) is 20.9 Å². The van der Waals surface area contributed by atoms with Gasteiger partial charge in [-0.1, -0.05) is 44.2 Å². The number of aromatic nitrogens is 2. The Hall–Kier alpha value is -3.26. The van der Waals surface area contributed by atoms with Crippen molar-refractivity contribution in [1.82, 2.24) is 20.2 Å². The van der Waals surface area contributed by atoms with Gasteiger partial charge in [0.25, 0.3) is 0 Å². The van der Waals surface area contributed by atoms with Crippen molar-refractivity contribution in [3.63, 3.8) is 0 Å². The van der Waals surface area contributed by atoms with Crippen LogP contribution in [0.15, 0.2) is 48.6 Å². The third-order valence-electron chi connectivity index (χ3n) is 4.92. The number of nitrogens with one attached hydrogen (secondary N) is 1. The van der Waals surface area contributed by atoms with E-state index in [0.29, 0.717) is 32.1 Å². The van der Waals surface area contributed by atoms with Crippen LogP contribution in [0, 0.1) is 6.92 Å². The summed E-state index contributed by atoms with van der Waals surface area (Å²) in [6, 6.07) is 11.4. The summed E-state index contributed by atoms with van der Waals surface area (Å²) in [5.41, 5.74) is 1.84. The maximum Gasteiger partial charge on any atom is 0.246 e. The van der Waals surface area contributed by atoms with Crippen molar-refractivity contribution in [2.75, 3.05) is 26.3 Å². The maximum atomic E-state index is 12.5. The van der Waals surface area contributed by atoms with Crippen LogP contribution in [0.3, 0.4) is 0 Å². The highest BCUT2D eigenvalue weighted by Crippen LogP contribution is 2.16. The number of carbonyl (C=O) groups is 2. The normalized spacial score (nSPS) is 16.4. The molecular weight excluding hydrogens is 408 g/mol. The van der Waals surface area contributed by atoms with Crippen molar-refractivity contribution >= 4 is 11.8 Å². The van der Waals surface area contributed by atoms with E-state index >= 15 is 0 Å². The molecule has 1 aliphatic heterocycles. The van der Waals surface area contributed by atoms with E-state index in [1.807, 2.05) is 51.1 Å². The van der Waals surface area contributed by atoms with Gasteiger partial charge in [-0.25, -0.2) is 4.98 Å². The van der Waals surface area contributed by atoms with Gasteiger partial charge >= 0.3 is 0 Å². The van der Waals surface area contributed by atoms with Crippen LogP contribution in [0.25, 0.3) is 0 Å². The van der Waals surface area contributed by atoms with E-state index in [4.69, 9.17) is 9.47 Å². The molecule has 2 amide bonds. The average Bonchev–Trinajstić information content (AvgIpc) is 2.80. The Balaban J connectivity index is 1.47. The lowest BCUT2D eigenvalue weighted by molar-refractivity contribution is -0.134. The molecule has 1 atom stereocenters. The minimum Gasteiger partial charge on any atom is -0.475 e. The Morgan fingerprint density at radius 1 is 1.25 bits per heavy atom. The zero-order valence-corrected chi connectivity index (χ0v) is 18.8. The summed E-state index contributed by atoms with van der Waals surface area (Å²) in [5, 5.41) is 2.77. The number of hydrogen-bond donors (Lipinski definition) is 1. The molecule has 0 saturated carbocycles. The molecule has 0 aliphatic carbocycles. The van der Waals surface area contributed by atoms with Gasteiger partial charge in [0.05, 0.1) is 13.2 Å². The summed E-state index contributed by atoms with van der Waals surface area (Å²) < 4.78 is 11.6. The molecule has 1 unspecified atom stereocenters. The largest absolute Gasteiger partial charge is 0.475 e. The zero-order chi connectivity index (χ0) is 22.9. The monoisotopic (exact) mass is 438 g/mol. The molecule has 2 aromatic rings. The van der Waals surface area contributed by atoms with Gasteiger partial charge in [0.2, 0.25) is 17.7 Å². The molecule has 1 N–H and O–H groups in total. The highest BCUT2D eigenvalue weighted by Gasteiger charge is 2.24. The lowest BCUT2D eigenvalue weighted by atomic mass is 10.2. The van der Waals surface area contributed by atoms with Crippen molar-refractivity contribution in [3.8, 4) is 5.88 Å². The van der Waals surface area contributed by atoms with E-state index in [1.165, 1.54) is 12.2 Å². The Labute approximate surface area is 188 Å². The maximum absolute atomic E-state index is 12.5. The van der Waals surface area contributed by atoms with Gasteiger partial charge in [0.15, 0.2) is 0 Å². The molecule has 32 heavy (non-hydrogen) atoms. The van der Waals surface area contributed by atoms with Gasteiger partial charge in [-0.15, -0.1) is 0 Å². The Bertz CT molecular complexity index is 946. The molecule has 0 bridgehead atoms. The van der Waals surface area contributed by atoms with Crippen molar-refractivity contribution in [2.24, 2.45) is 0 Å². The highest BCUT2D eigenvalue weighted by molar-refractivity contribution is 5.96. The predicted octanol–water partition coefficient (Wildman–Crippen LogP) is 2.39. The molecular formula is C24H30N4O4. The quantitative estimate of drug-likeness (QED) is 0.636. The molecule has 1 aliphatic rings. The molecule has 1 fully saturated rings. The SMILES string of the molecule is Cc1cc(OCC2CN(C(=O)/C=C/C(=O)NCc3ccccc3)CCO2)nc(C(C)C)n1. The summed E-state index contributed by atoms with van der Waals surface area (Å²) in [6.07, 6.45) is 2.29. The topological polar surface area (TPSA) is 93.7 Å². The predicted molar refractivity (Wildman–Crippen MR) is 120 cm³/mol. The minimum absolute atomic E-state index is 0.202. The van der Waals surface area contributed by atoms with Crippen LogP contribution in [0.5, 0.6) is 5.88 Å². The number of nitrogens with zero attached hydrogens (tertiary/aromatic N) is 3. The van der Waals surface area contributed by atoms with Crippen LogP contribution in [-0.4, -0.2) is 59.1 Å². The van der Waals surface area contributed by atoms with Gasteiger partial charge < -0.3 is 19.7 Å². The number of benzene rings is 1. The zero-order valence-electron chi connectivity index (χ0n) is 18.8. The van der Waals surface area contributed by atoms with Crippen molar-refractivity contribution < 1.29 is 19.1 Å². The van der Waals surface area contributed by atoms with Gasteiger partial charge in [0, 0.05) is 42.9 Å². The average molecular weight is 439 g/mol. The summed E-state index contributed by atoms with van der Waals surface area (Å²) >= 11 is 0. The summed E-state index contributed by atoms with van der Waals surface area (Å²) in [7, 11) is 0. The first kappa shape index (κ1) is 23.4. The van der Waals surface area contributed by atoms with Crippen molar-refractivity contribution in [3.05, 3.63) is 65.6 Å². The molecule has 2 heterocycles. The van der Waals surface area contributed by atoms with E-state index in [-0.39, 0.29) is 30.4 Å².